The highest BCUT2D eigenvalue weighted by atomic mass is 35.5. The van der Waals surface area contributed by atoms with Gasteiger partial charge in [0.05, 0.1) is 0 Å². The van der Waals surface area contributed by atoms with Gasteiger partial charge in [-0.15, -0.1) is 0 Å². The van der Waals surface area contributed by atoms with Crippen molar-refractivity contribution in [2.75, 3.05) is 52.9 Å². The molecule has 1 aromatic carbocycles. The molecule has 3 rings (SSSR count). The largest absolute Gasteiger partial charge is 0.304 e. The molecule has 0 amide bonds. The van der Waals surface area contributed by atoms with E-state index in [0.29, 0.717) is 6.04 Å². The maximum Gasteiger partial charge on any atom is 0.0406 e. The van der Waals surface area contributed by atoms with Crippen LogP contribution in [0.5, 0.6) is 0 Å². The van der Waals surface area contributed by atoms with Crippen molar-refractivity contribution in [2.45, 2.75) is 25.8 Å². The average molecular weight is 336 g/mol. The zero-order valence-corrected chi connectivity index (χ0v) is 15.3. The highest BCUT2D eigenvalue weighted by Crippen LogP contribution is 2.27. The maximum atomic E-state index is 6.00. The lowest BCUT2D eigenvalue weighted by atomic mass is 9.94. The van der Waals surface area contributed by atoms with E-state index in [-0.39, 0.29) is 0 Å². The predicted molar refractivity (Wildman–Crippen MR) is 98.1 cm³/mol. The first-order valence-electron chi connectivity index (χ1n) is 9.02. The Morgan fingerprint density at radius 2 is 1.61 bits per heavy atom. The number of likely N-dealkylation sites (N-methyl/N-ethyl adjacent to an activating group) is 1. The van der Waals surface area contributed by atoms with Gasteiger partial charge in [-0.25, -0.2) is 0 Å². The molecule has 0 radical (unpaired) electrons. The summed E-state index contributed by atoms with van der Waals surface area (Å²) in [5.74, 6) is 0.882. The van der Waals surface area contributed by atoms with Crippen molar-refractivity contribution in [3.63, 3.8) is 0 Å². The van der Waals surface area contributed by atoms with E-state index in [0.717, 1.165) is 10.9 Å². The first kappa shape index (κ1) is 17.2. The van der Waals surface area contributed by atoms with Crippen LogP contribution in [0.25, 0.3) is 0 Å². The third-order valence-corrected chi connectivity index (χ3v) is 5.91. The van der Waals surface area contributed by atoms with Crippen LogP contribution in [0.4, 0.5) is 0 Å². The van der Waals surface area contributed by atoms with Crippen LogP contribution in [0.1, 0.15) is 31.4 Å². The van der Waals surface area contributed by atoms with Crippen LogP contribution in [0.3, 0.4) is 0 Å². The summed E-state index contributed by atoms with van der Waals surface area (Å²) >= 11 is 6.00. The molecule has 23 heavy (non-hydrogen) atoms. The van der Waals surface area contributed by atoms with Gasteiger partial charge >= 0.3 is 0 Å². The molecule has 4 heteroatoms. The Morgan fingerprint density at radius 3 is 2.22 bits per heavy atom. The SMILES string of the molecule is CC(c1ccc(Cl)cc1)N1CCC(CN2CCN(C)CC2)CC1. The Labute approximate surface area is 146 Å². The molecule has 1 unspecified atom stereocenters. The van der Waals surface area contributed by atoms with E-state index in [1.165, 1.54) is 64.2 Å². The number of nitrogens with zero attached hydrogens (tertiary/aromatic N) is 3. The molecule has 0 saturated carbocycles. The molecule has 1 aromatic rings. The fraction of sp³-hybridized carbons (Fsp3) is 0.684. The normalized spacial score (nSPS) is 24.0. The van der Waals surface area contributed by atoms with Crippen LogP contribution in [0, 0.1) is 5.92 Å². The van der Waals surface area contributed by atoms with E-state index in [9.17, 15) is 0 Å². The molecule has 0 N–H and O–H groups in total. The lowest BCUT2D eigenvalue weighted by Crippen LogP contribution is -2.47. The summed E-state index contributed by atoms with van der Waals surface area (Å²) in [5, 5.41) is 0.826. The summed E-state index contributed by atoms with van der Waals surface area (Å²) in [7, 11) is 2.23. The zero-order valence-electron chi connectivity index (χ0n) is 14.5. The second kappa shape index (κ2) is 7.98. The van der Waals surface area contributed by atoms with Crippen molar-refractivity contribution in [2.24, 2.45) is 5.92 Å². The monoisotopic (exact) mass is 335 g/mol. The zero-order chi connectivity index (χ0) is 16.2. The van der Waals surface area contributed by atoms with Crippen molar-refractivity contribution in [1.82, 2.24) is 14.7 Å². The van der Waals surface area contributed by atoms with Gasteiger partial charge < -0.3 is 9.80 Å². The average Bonchev–Trinajstić information content (AvgIpc) is 2.58. The molecular formula is C19H30ClN3. The van der Waals surface area contributed by atoms with Crippen molar-refractivity contribution >= 4 is 11.6 Å². The molecular weight excluding hydrogens is 306 g/mol. The first-order chi connectivity index (χ1) is 11.1. The van der Waals surface area contributed by atoms with Crippen LogP contribution in [0.15, 0.2) is 24.3 Å². The molecule has 2 aliphatic rings. The molecule has 3 nitrogen and oxygen atoms in total. The van der Waals surface area contributed by atoms with Gasteiger partial charge in [0.1, 0.15) is 0 Å². The van der Waals surface area contributed by atoms with E-state index < -0.39 is 0 Å². The summed E-state index contributed by atoms with van der Waals surface area (Å²) in [6.45, 7) is 11.0. The van der Waals surface area contributed by atoms with Gasteiger partial charge in [-0.2, -0.15) is 0 Å². The fourth-order valence-electron chi connectivity index (χ4n) is 3.87. The van der Waals surface area contributed by atoms with Gasteiger partial charge in [0, 0.05) is 43.8 Å². The van der Waals surface area contributed by atoms with Gasteiger partial charge in [-0.1, -0.05) is 23.7 Å². The van der Waals surface area contributed by atoms with E-state index in [2.05, 4.69) is 40.8 Å². The van der Waals surface area contributed by atoms with E-state index in [1.54, 1.807) is 0 Å². The highest BCUT2D eigenvalue weighted by Gasteiger charge is 2.25. The van der Waals surface area contributed by atoms with Crippen LogP contribution in [0.2, 0.25) is 5.02 Å². The number of piperidine rings is 1. The Morgan fingerprint density at radius 1 is 1.00 bits per heavy atom. The molecule has 1 atom stereocenters. The van der Waals surface area contributed by atoms with Crippen LogP contribution < -0.4 is 0 Å². The van der Waals surface area contributed by atoms with Crippen LogP contribution in [-0.4, -0.2) is 67.6 Å². The molecule has 2 heterocycles. The molecule has 0 bridgehead atoms. The Hall–Kier alpha value is -0.610. The van der Waals surface area contributed by atoms with E-state index >= 15 is 0 Å². The summed E-state index contributed by atoms with van der Waals surface area (Å²) in [4.78, 5) is 7.74. The quantitative estimate of drug-likeness (QED) is 0.835. The lowest BCUT2D eigenvalue weighted by molar-refractivity contribution is 0.0924. The maximum absolute atomic E-state index is 6.00. The van der Waals surface area contributed by atoms with Crippen molar-refractivity contribution in [3.8, 4) is 0 Å². The van der Waals surface area contributed by atoms with Gasteiger partial charge in [0.2, 0.25) is 0 Å². The lowest BCUT2D eigenvalue weighted by Gasteiger charge is -2.39. The second-order valence-corrected chi connectivity index (χ2v) is 7.75. The Kier molecular flexibility index (Phi) is 5.97. The topological polar surface area (TPSA) is 9.72 Å². The smallest absolute Gasteiger partial charge is 0.0406 e. The fourth-order valence-corrected chi connectivity index (χ4v) is 4.00. The number of likely N-dealkylation sites (tertiary alicyclic amines) is 1. The third-order valence-electron chi connectivity index (χ3n) is 5.66. The predicted octanol–water partition coefficient (Wildman–Crippen LogP) is 3.36. The first-order valence-corrected chi connectivity index (χ1v) is 9.40. The summed E-state index contributed by atoms with van der Waals surface area (Å²) in [5.41, 5.74) is 1.38. The molecule has 2 saturated heterocycles. The number of halogens is 1. The van der Waals surface area contributed by atoms with E-state index in [4.69, 9.17) is 11.6 Å². The van der Waals surface area contributed by atoms with Gasteiger partial charge in [-0.05, 0) is 63.5 Å². The number of hydrogen-bond acceptors (Lipinski definition) is 3. The number of rotatable bonds is 4. The molecule has 0 spiro atoms. The van der Waals surface area contributed by atoms with Gasteiger partial charge in [-0.3, -0.25) is 4.90 Å². The van der Waals surface area contributed by atoms with E-state index in [1.807, 2.05) is 12.1 Å². The number of piperazine rings is 1. The standard InChI is InChI=1S/C19H30ClN3/c1-16(18-3-5-19(20)6-4-18)23-9-7-17(8-10-23)15-22-13-11-21(2)12-14-22/h3-6,16-17H,7-15H2,1-2H3. The highest BCUT2D eigenvalue weighted by molar-refractivity contribution is 6.30. The molecule has 2 fully saturated rings. The Balaban J connectivity index is 1.45. The third kappa shape index (κ3) is 4.69. The summed E-state index contributed by atoms with van der Waals surface area (Å²) < 4.78 is 0. The molecule has 0 aromatic heterocycles. The van der Waals surface area contributed by atoms with Crippen LogP contribution in [-0.2, 0) is 0 Å². The van der Waals surface area contributed by atoms with Crippen molar-refractivity contribution in [3.05, 3.63) is 34.9 Å². The van der Waals surface area contributed by atoms with Crippen LogP contribution >= 0.6 is 11.6 Å². The minimum absolute atomic E-state index is 0.497. The number of hydrogen-bond donors (Lipinski definition) is 0. The van der Waals surface area contributed by atoms with Crippen molar-refractivity contribution in [1.29, 1.82) is 0 Å². The summed E-state index contributed by atoms with van der Waals surface area (Å²) in [6.07, 6.45) is 2.68. The minimum atomic E-state index is 0.497. The summed E-state index contributed by atoms with van der Waals surface area (Å²) in [6, 6.07) is 8.85. The minimum Gasteiger partial charge on any atom is -0.304 e. The van der Waals surface area contributed by atoms with Gasteiger partial charge in [0.15, 0.2) is 0 Å². The second-order valence-electron chi connectivity index (χ2n) is 7.31. The Bertz CT molecular complexity index is 474. The van der Waals surface area contributed by atoms with Crippen molar-refractivity contribution < 1.29 is 0 Å². The molecule has 128 valence electrons. The van der Waals surface area contributed by atoms with Gasteiger partial charge in [0.25, 0.3) is 0 Å². The number of benzene rings is 1. The molecule has 0 aliphatic carbocycles. The molecule has 2 aliphatic heterocycles.